The molecule has 0 atom stereocenters. The van der Waals surface area contributed by atoms with Gasteiger partial charge in [0.25, 0.3) is 0 Å². The van der Waals surface area contributed by atoms with Crippen molar-refractivity contribution in [1.82, 2.24) is 10.3 Å². The van der Waals surface area contributed by atoms with Gasteiger partial charge in [0.2, 0.25) is 0 Å². The maximum Gasteiger partial charge on any atom is 0.414 e. The number of rotatable bonds is 5. The zero-order valence-corrected chi connectivity index (χ0v) is 12.7. The van der Waals surface area contributed by atoms with Crippen molar-refractivity contribution >= 4 is 23.1 Å². The third-order valence-corrected chi connectivity index (χ3v) is 4.13. The lowest BCUT2D eigenvalue weighted by Crippen LogP contribution is -2.23. The van der Waals surface area contributed by atoms with E-state index in [1.165, 1.54) is 5.56 Å². The first kappa shape index (κ1) is 14.0. The Bertz CT molecular complexity index is 624. The number of anilines is 1. The molecule has 5 nitrogen and oxygen atoms in total. The van der Waals surface area contributed by atoms with Gasteiger partial charge in [-0.1, -0.05) is 12.1 Å². The van der Waals surface area contributed by atoms with Gasteiger partial charge in [-0.05, 0) is 24.6 Å². The predicted molar refractivity (Wildman–Crippen MR) is 82.5 cm³/mol. The van der Waals surface area contributed by atoms with Gasteiger partial charge in [-0.2, -0.15) is 0 Å². The summed E-state index contributed by atoms with van der Waals surface area (Å²) in [5.74, 6) is 0. The molecule has 1 amide bonds. The summed E-state index contributed by atoms with van der Waals surface area (Å²) in [6.45, 7) is 4.65. The number of hydrogen-bond donors (Lipinski definition) is 1. The van der Waals surface area contributed by atoms with E-state index in [0.717, 1.165) is 29.5 Å². The fraction of sp³-hybridized carbons (Fsp3) is 0.333. The van der Waals surface area contributed by atoms with Crippen LogP contribution in [0.5, 0.6) is 0 Å². The molecular weight excluding hydrogens is 286 g/mol. The maximum absolute atomic E-state index is 11.5. The van der Waals surface area contributed by atoms with Crippen molar-refractivity contribution in [3.05, 3.63) is 45.9 Å². The van der Waals surface area contributed by atoms with E-state index in [9.17, 15) is 4.79 Å². The number of aryl methyl sites for hydroxylation is 1. The molecule has 1 aromatic heterocycles. The van der Waals surface area contributed by atoms with Crippen molar-refractivity contribution in [2.24, 2.45) is 0 Å². The topological polar surface area (TPSA) is 54.5 Å². The summed E-state index contributed by atoms with van der Waals surface area (Å²) in [5, 5.41) is 6.53. The molecule has 110 valence electrons. The minimum Gasteiger partial charge on any atom is -0.447 e. The highest BCUT2D eigenvalue weighted by Gasteiger charge is 2.23. The van der Waals surface area contributed by atoms with Crippen LogP contribution in [0.1, 0.15) is 16.3 Å². The first-order valence-corrected chi connectivity index (χ1v) is 7.75. The standard InChI is InChI=1S/C15H17N3O2S/c1-11-17-13(10-21-11)9-16-8-12-2-4-14(5-3-12)18-6-7-20-15(18)19/h2-5,10,16H,6-9H2,1H3. The van der Waals surface area contributed by atoms with Crippen molar-refractivity contribution in [1.29, 1.82) is 0 Å². The van der Waals surface area contributed by atoms with E-state index in [-0.39, 0.29) is 6.09 Å². The van der Waals surface area contributed by atoms with Crippen LogP contribution >= 0.6 is 11.3 Å². The van der Waals surface area contributed by atoms with Gasteiger partial charge in [0.1, 0.15) is 6.61 Å². The van der Waals surface area contributed by atoms with E-state index in [0.29, 0.717) is 13.2 Å². The van der Waals surface area contributed by atoms with Crippen LogP contribution in [0.3, 0.4) is 0 Å². The van der Waals surface area contributed by atoms with Crippen LogP contribution in [-0.4, -0.2) is 24.2 Å². The molecule has 1 aliphatic heterocycles. The Hall–Kier alpha value is -1.92. The summed E-state index contributed by atoms with van der Waals surface area (Å²) in [6.07, 6.45) is -0.264. The Balaban J connectivity index is 1.53. The molecular formula is C15H17N3O2S. The van der Waals surface area contributed by atoms with Crippen molar-refractivity contribution in [2.45, 2.75) is 20.0 Å². The van der Waals surface area contributed by atoms with Crippen LogP contribution in [0.2, 0.25) is 0 Å². The largest absolute Gasteiger partial charge is 0.447 e. The molecule has 1 aliphatic rings. The summed E-state index contributed by atoms with van der Waals surface area (Å²) in [4.78, 5) is 17.5. The average molecular weight is 303 g/mol. The number of nitrogens with one attached hydrogen (secondary N) is 1. The van der Waals surface area contributed by atoms with Crippen molar-refractivity contribution < 1.29 is 9.53 Å². The number of carbonyl (C=O) groups excluding carboxylic acids is 1. The van der Waals surface area contributed by atoms with Crippen LogP contribution < -0.4 is 10.2 Å². The predicted octanol–water partition coefficient (Wildman–Crippen LogP) is 2.70. The molecule has 0 saturated carbocycles. The lowest BCUT2D eigenvalue weighted by Gasteiger charge is -2.13. The zero-order chi connectivity index (χ0) is 14.7. The summed E-state index contributed by atoms with van der Waals surface area (Å²) in [6, 6.07) is 7.97. The molecule has 21 heavy (non-hydrogen) atoms. The Kier molecular flexibility index (Phi) is 4.17. The second kappa shape index (κ2) is 6.24. The quantitative estimate of drug-likeness (QED) is 0.922. The molecule has 0 bridgehead atoms. The van der Waals surface area contributed by atoms with Gasteiger partial charge in [0.05, 0.1) is 17.2 Å². The van der Waals surface area contributed by atoms with Gasteiger partial charge in [-0.15, -0.1) is 11.3 Å². The summed E-state index contributed by atoms with van der Waals surface area (Å²) < 4.78 is 4.93. The molecule has 0 aliphatic carbocycles. The van der Waals surface area contributed by atoms with E-state index in [1.807, 2.05) is 31.2 Å². The SMILES string of the molecule is Cc1nc(CNCc2ccc(N3CCOC3=O)cc2)cs1. The zero-order valence-electron chi connectivity index (χ0n) is 11.8. The van der Waals surface area contributed by atoms with Crippen LogP contribution in [0.4, 0.5) is 10.5 Å². The molecule has 1 fully saturated rings. The lowest BCUT2D eigenvalue weighted by molar-refractivity contribution is 0.181. The van der Waals surface area contributed by atoms with Crippen molar-refractivity contribution in [3.63, 3.8) is 0 Å². The minimum absolute atomic E-state index is 0.264. The molecule has 0 unspecified atom stereocenters. The van der Waals surface area contributed by atoms with E-state index < -0.39 is 0 Å². The molecule has 2 aromatic rings. The number of cyclic esters (lactones) is 1. The number of thiazole rings is 1. The number of ether oxygens (including phenoxy) is 1. The molecule has 1 N–H and O–H groups in total. The normalized spacial score (nSPS) is 14.5. The summed E-state index contributed by atoms with van der Waals surface area (Å²) in [5.41, 5.74) is 3.14. The van der Waals surface area contributed by atoms with Crippen LogP contribution in [0.15, 0.2) is 29.6 Å². The molecule has 3 rings (SSSR count). The number of benzene rings is 1. The Morgan fingerprint density at radius 3 is 2.76 bits per heavy atom. The second-order valence-corrected chi connectivity index (χ2v) is 5.96. The number of carbonyl (C=O) groups is 1. The van der Waals surface area contributed by atoms with E-state index in [4.69, 9.17) is 4.74 Å². The summed E-state index contributed by atoms with van der Waals surface area (Å²) in [7, 11) is 0. The number of nitrogens with zero attached hydrogens (tertiary/aromatic N) is 2. The number of hydrogen-bond acceptors (Lipinski definition) is 5. The Morgan fingerprint density at radius 1 is 1.33 bits per heavy atom. The number of aromatic nitrogens is 1. The molecule has 0 radical (unpaired) electrons. The Morgan fingerprint density at radius 2 is 2.14 bits per heavy atom. The van der Waals surface area contributed by atoms with Crippen LogP contribution in [0.25, 0.3) is 0 Å². The molecule has 1 aromatic carbocycles. The maximum atomic E-state index is 11.5. The monoisotopic (exact) mass is 303 g/mol. The van der Waals surface area contributed by atoms with E-state index >= 15 is 0 Å². The molecule has 0 spiro atoms. The van der Waals surface area contributed by atoms with E-state index in [1.54, 1.807) is 16.2 Å². The van der Waals surface area contributed by atoms with Gasteiger partial charge in [0, 0.05) is 24.2 Å². The van der Waals surface area contributed by atoms with Gasteiger partial charge < -0.3 is 10.1 Å². The number of amides is 1. The van der Waals surface area contributed by atoms with E-state index in [2.05, 4.69) is 15.7 Å². The first-order chi connectivity index (χ1) is 10.2. The van der Waals surface area contributed by atoms with Gasteiger partial charge in [-0.3, -0.25) is 4.90 Å². The average Bonchev–Trinajstić information content (AvgIpc) is 3.09. The van der Waals surface area contributed by atoms with Crippen LogP contribution in [0, 0.1) is 6.92 Å². The molecule has 1 saturated heterocycles. The van der Waals surface area contributed by atoms with Crippen molar-refractivity contribution in [3.8, 4) is 0 Å². The van der Waals surface area contributed by atoms with Gasteiger partial charge >= 0.3 is 6.09 Å². The molecule has 6 heteroatoms. The van der Waals surface area contributed by atoms with Gasteiger partial charge in [0.15, 0.2) is 0 Å². The lowest BCUT2D eigenvalue weighted by atomic mass is 10.2. The summed E-state index contributed by atoms with van der Waals surface area (Å²) >= 11 is 1.67. The minimum atomic E-state index is -0.264. The fourth-order valence-corrected chi connectivity index (χ4v) is 2.86. The molecule has 2 heterocycles. The van der Waals surface area contributed by atoms with Gasteiger partial charge in [-0.25, -0.2) is 9.78 Å². The third kappa shape index (κ3) is 3.40. The second-order valence-electron chi connectivity index (χ2n) is 4.89. The third-order valence-electron chi connectivity index (χ3n) is 3.31. The highest BCUT2D eigenvalue weighted by molar-refractivity contribution is 7.09. The first-order valence-electron chi connectivity index (χ1n) is 6.87. The highest BCUT2D eigenvalue weighted by atomic mass is 32.1. The fourth-order valence-electron chi connectivity index (χ4n) is 2.25. The Labute approximate surface area is 127 Å². The smallest absolute Gasteiger partial charge is 0.414 e. The highest BCUT2D eigenvalue weighted by Crippen LogP contribution is 2.19. The van der Waals surface area contributed by atoms with Crippen LogP contribution in [-0.2, 0) is 17.8 Å². The van der Waals surface area contributed by atoms with Crippen molar-refractivity contribution in [2.75, 3.05) is 18.1 Å².